The van der Waals surface area contributed by atoms with Crippen molar-refractivity contribution in [3.05, 3.63) is 53.6 Å². The van der Waals surface area contributed by atoms with Crippen molar-refractivity contribution in [3.8, 4) is 0 Å². The standard InChI is InChI=1S/C14H16N4O/c1-10-3-5-16-8-11(10)9-18-12-4-6-17-13(7-12)14(19)15-2/h3-8H,9H2,1-2H3,(H,15,19)(H,17,18). The number of aryl methyl sites for hydroxylation is 1. The Morgan fingerprint density at radius 2 is 2.16 bits per heavy atom. The molecule has 0 fully saturated rings. The molecule has 0 unspecified atom stereocenters. The quantitative estimate of drug-likeness (QED) is 0.874. The first kappa shape index (κ1) is 13.0. The summed E-state index contributed by atoms with van der Waals surface area (Å²) in [7, 11) is 1.59. The summed E-state index contributed by atoms with van der Waals surface area (Å²) < 4.78 is 0. The topological polar surface area (TPSA) is 66.9 Å². The lowest BCUT2D eigenvalue weighted by Gasteiger charge is -2.09. The van der Waals surface area contributed by atoms with Crippen LogP contribution in [0.15, 0.2) is 36.8 Å². The van der Waals surface area contributed by atoms with Crippen LogP contribution in [-0.4, -0.2) is 22.9 Å². The third-order valence-corrected chi connectivity index (χ3v) is 2.85. The lowest BCUT2D eigenvalue weighted by Crippen LogP contribution is -2.19. The SMILES string of the molecule is CNC(=O)c1cc(NCc2cnccc2C)ccn1. The Hall–Kier alpha value is -2.43. The molecular weight excluding hydrogens is 240 g/mol. The van der Waals surface area contributed by atoms with Gasteiger partial charge in [-0.25, -0.2) is 0 Å². The summed E-state index contributed by atoms with van der Waals surface area (Å²) in [5.74, 6) is -0.193. The molecule has 1 amide bonds. The predicted octanol–water partition coefficient (Wildman–Crippen LogP) is 1.76. The Bertz CT molecular complexity index is 583. The number of amides is 1. The van der Waals surface area contributed by atoms with E-state index in [0.717, 1.165) is 11.3 Å². The zero-order valence-electron chi connectivity index (χ0n) is 11.0. The van der Waals surface area contributed by atoms with Crippen molar-refractivity contribution < 1.29 is 4.79 Å². The largest absolute Gasteiger partial charge is 0.381 e. The van der Waals surface area contributed by atoms with Gasteiger partial charge in [-0.05, 0) is 36.2 Å². The number of nitrogens with zero attached hydrogens (tertiary/aromatic N) is 2. The first-order chi connectivity index (χ1) is 9.20. The Kier molecular flexibility index (Phi) is 4.07. The van der Waals surface area contributed by atoms with Gasteiger partial charge in [0.25, 0.3) is 5.91 Å². The third-order valence-electron chi connectivity index (χ3n) is 2.85. The van der Waals surface area contributed by atoms with Gasteiger partial charge in [0.15, 0.2) is 0 Å². The van der Waals surface area contributed by atoms with Crippen LogP contribution in [0, 0.1) is 6.92 Å². The number of pyridine rings is 2. The summed E-state index contributed by atoms with van der Waals surface area (Å²) >= 11 is 0. The Balaban J connectivity index is 2.08. The van der Waals surface area contributed by atoms with Gasteiger partial charge in [-0.3, -0.25) is 14.8 Å². The van der Waals surface area contributed by atoms with Crippen molar-refractivity contribution in [2.45, 2.75) is 13.5 Å². The molecule has 0 spiro atoms. The molecule has 5 nitrogen and oxygen atoms in total. The maximum absolute atomic E-state index is 11.5. The second-order valence-electron chi connectivity index (χ2n) is 4.16. The number of anilines is 1. The molecule has 0 aliphatic carbocycles. The minimum absolute atomic E-state index is 0.193. The van der Waals surface area contributed by atoms with E-state index in [-0.39, 0.29) is 5.91 Å². The van der Waals surface area contributed by atoms with Crippen LogP contribution in [0.3, 0.4) is 0 Å². The van der Waals surface area contributed by atoms with E-state index in [1.807, 2.05) is 25.3 Å². The van der Waals surface area contributed by atoms with Gasteiger partial charge in [-0.2, -0.15) is 0 Å². The van der Waals surface area contributed by atoms with Gasteiger partial charge < -0.3 is 10.6 Å². The minimum Gasteiger partial charge on any atom is -0.381 e. The minimum atomic E-state index is -0.193. The molecular formula is C14H16N4O. The van der Waals surface area contributed by atoms with E-state index in [1.54, 1.807) is 25.5 Å². The fourth-order valence-corrected chi connectivity index (χ4v) is 1.67. The fourth-order valence-electron chi connectivity index (χ4n) is 1.67. The van der Waals surface area contributed by atoms with E-state index in [4.69, 9.17) is 0 Å². The van der Waals surface area contributed by atoms with E-state index in [2.05, 4.69) is 20.6 Å². The lowest BCUT2D eigenvalue weighted by molar-refractivity contribution is 0.0958. The number of carbonyl (C=O) groups is 1. The van der Waals surface area contributed by atoms with Gasteiger partial charge in [0, 0.05) is 37.9 Å². The van der Waals surface area contributed by atoms with E-state index in [0.29, 0.717) is 12.2 Å². The van der Waals surface area contributed by atoms with Crippen molar-refractivity contribution in [3.63, 3.8) is 0 Å². The van der Waals surface area contributed by atoms with Crippen LogP contribution in [0.1, 0.15) is 21.6 Å². The third kappa shape index (κ3) is 3.28. The summed E-state index contributed by atoms with van der Waals surface area (Å²) in [5.41, 5.74) is 3.57. The summed E-state index contributed by atoms with van der Waals surface area (Å²) in [6.07, 6.45) is 5.22. The van der Waals surface area contributed by atoms with Gasteiger partial charge in [0.2, 0.25) is 0 Å². The van der Waals surface area contributed by atoms with Gasteiger partial charge in [0.1, 0.15) is 5.69 Å². The number of nitrogens with one attached hydrogen (secondary N) is 2. The molecule has 98 valence electrons. The summed E-state index contributed by atoms with van der Waals surface area (Å²) in [6, 6.07) is 5.53. The van der Waals surface area contributed by atoms with Gasteiger partial charge >= 0.3 is 0 Å². The smallest absolute Gasteiger partial charge is 0.269 e. The van der Waals surface area contributed by atoms with Crippen LogP contribution in [0.2, 0.25) is 0 Å². The zero-order valence-corrected chi connectivity index (χ0v) is 11.0. The zero-order chi connectivity index (χ0) is 13.7. The van der Waals surface area contributed by atoms with Crippen molar-refractivity contribution in [2.75, 3.05) is 12.4 Å². The molecule has 0 aliphatic rings. The lowest BCUT2D eigenvalue weighted by atomic mass is 10.1. The highest BCUT2D eigenvalue weighted by Crippen LogP contribution is 2.11. The highest BCUT2D eigenvalue weighted by Gasteiger charge is 2.05. The Morgan fingerprint density at radius 3 is 2.89 bits per heavy atom. The highest BCUT2D eigenvalue weighted by atomic mass is 16.1. The summed E-state index contributed by atoms with van der Waals surface area (Å²) in [4.78, 5) is 19.6. The van der Waals surface area contributed by atoms with E-state index in [9.17, 15) is 4.79 Å². The van der Waals surface area contributed by atoms with Crippen LogP contribution in [-0.2, 0) is 6.54 Å². The Morgan fingerprint density at radius 1 is 1.32 bits per heavy atom. The van der Waals surface area contributed by atoms with Crippen LogP contribution in [0.25, 0.3) is 0 Å². The highest BCUT2D eigenvalue weighted by molar-refractivity contribution is 5.92. The first-order valence-corrected chi connectivity index (χ1v) is 6.02. The molecule has 2 N–H and O–H groups in total. The second-order valence-corrected chi connectivity index (χ2v) is 4.16. The molecule has 2 aromatic heterocycles. The number of aromatic nitrogens is 2. The molecule has 0 saturated heterocycles. The van der Waals surface area contributed by atoms with Crippen molar-refractivity contribution in [2.24, 2.45) is 0 Å². The molecule has 5 heteroatoms. The van der Waals surface area contributed by atoms with Gasteiger partial charge in [0.05, 0.1) is 0 Å². The second kappa shape index (κ2) is 5.95. The maximum Gasteiger partial charge on any atom is 0.269 e. The number of rotatable bonds is 4. The van der Waals surface area contributed by atoms with Crippen LogP contribution in [0.4, 0.5) is 5.69 Å². The van der Waals surface area contributed by atoms with Crippen LogP contribution < -0.4 is 10.6 Å². The first-order valence-electron chi connectivity index (χ1n) is 6.02. The van der Waals surface area contributed by atoms with Crippen molar-refractivity contribution in [1.29, 1.82) is 0 Å². The number of hydrogen-bond donors (Lipinski definition) is 2. The number of hydrogen-bond acceptors (Lipinski definition) is 4. The molecule has 2 heterocycles. The molecule has 0 saturated carbocycles. The summed E-state index contributed by atoms with van der Waals surface area (Å²) in [6.45, 7) is 2.71. The monoisotopic (exact) mass is 256 g/mol. The average molecular weight is 256 g/mol. The molecule has 2 aromatic rings. The van der Waals surface area contributed by atoms with Gasteiger partial charge in [-0.15, -0.1) is 0 Å². The average Bonchev–Trinajstić information content (AvgIpc) is 2.46. The fraction of sp³-hybridized carbons (Fsp3) is 0.214. The molecule has 2 rings (SSSR count). The number of carbonyl (C=O) groups excluding carboxylic acids is 1. The van der Waals surface area contributed by atoms with Gasteiger partial charge in [-0.1, -0.05) is 0 Å². The molecule has 0 bridgehead atoms. The van der Waals surface area contributed by atoms with E-state index >= 15 is 0 Å². The molecule has 0 radical (unpaired) electrons. The van der Waals surface area contributed by atoms with E-state index < -0.39 is 0 Å². The normalized spacial score (nSPS) is 10.0. The predicted molar refractivity (Wildman–Crippen MR) is 73.9 cm³/mol. The molecule has 0 aliphatic heterocycles. The molecule has 0 atom stereocenters. The molecule has 19 heavy (non-hydrogen) atoms. The van der Waals surface area contributed by atoms with Crippen LogP contribution >= 0.6 is 0 Å². The van der Waals surface area contributed by atoms with Crippen LogP contribution in [0.5, 0.6) is 0 Å². The molecule has 0 aromatic carbocycles. The maximum atomic E-state index is 11.5. The van der Waals surface area contributed by atoms with E-state index in [1.165, 1.54) is 5.56 Å². The summed E-state index contributed by atoms with van der Waals surface area (Å²) in [5, 5.41) is 5.81. The van der Waals surface area contributed by atoms with Crippen molar-refractivity contribution in [1.82, 2.24) is 15.3 Å². The Labute approximate surface area is 112 Å². The van der Waals surface area contributed by atoms with Crippen molar-refractivity contribution >= 4 is 11.6 Å².